The Labute approximate surface area is 157 Å². The van der Waals surface area contributed by atoms with Crippen molar-refractivity contribution in [1.82, 2.24) is 14.8 Å². The molecule has 0 bridgehead atoms. The van der Waals surface area contributed by atoms with Crippen LogP contribution in [-0.4, -0.2) is 55.1 Å². The van der Waals surface area contributed by atoms with Crippen LogP contribution in [0.1, 0.15) is 24.0 Å². The van der Waals surface area contributed by atoms with Gasteiger partial charge in [-0.2, -0.15) is 0 Å². The van der Waals surface area contributed by atoms with E-state index in [9.17, 15) is 0 Å². The van der Waals surface area contributed by atoms with Crippen LogP contribution in [0.5, 0.6) is 5.75 Å². The fourth-order valence-electron chi connectivity index (χ4n) is 3.89. The minimum Gasteiger partial charge on any atom is -0.497 e. The fraction of sp³-hybridized carbons (Fsp3) is 0.500. The van der Waals surface area contributed by atoms with Crippen molar-refractivity contribution < 1.29 is 4.74 Å². The second kappa shape index (κ2) is 9.70. The number of piperidine rings is 1. The normalized spacial score (nSPS) is 18.2. The molecule has 0 spiro atoms. The number of likely N-dealkylation sites (tertiary alicyclic amines) is 1. The van der Waals surface area contributed by atoms with Gasteiger partial charge in [0.1, 0.15) is 5.75 Å². The molecule has 26 heavy (non-hydrogen) atoms. The molecule has 0 saturated carbocycles. The molecule has 1 atom stereocenters. The van der Waals surface area contributed by atoms with Gasteiger partial charge in [0.05, 0.1) is 7.11 Å². The molecule has 2 heterocycles. The predicted molar refractivity (Wildman–Crippen MR) is 106 cm³/mol. The molecular formula is C22H31N3O. The van der Waals surface area contributed by atoms with E-state index in [1.165, 1.54) is 43.6 Å². The number of aromatic nitrogens is 1. The van der Waals surface area contributed by atoms with E-state index in [2.05, 4.69) is 58.2 Å². The first kappa shape index (κ1) is 18.9. The van der Waals surface area contributed by atoms with E-state index in [0.29, 0.717) is 0 Å². The first-order valence-corrected chi connectivity index (χ1v) is 9.65. The van der Waals surface area contributed by atoms with Crippen LogP contribution in [0.3, 0.4) is 0 Å². The average molecular weight is 354 g/mol. The maximum atomic E-state index is 5.24. The van der Waals surface area contributed by atoms with Crippen molar-refractivity contribution in [3.05, 3.63) is 59.9 Å². The molecule has 3 rings (SSSR count). The summed E-state index contributed by atoms with van der Waals surface area (Å²) in [5.74, 6) is 1.70. The number of ether oxygens (including phenoxy) is 1. The molecule has 1 fully saturated rings. The van der Waals surface area contributed by atoms with Crippen LogP contribution in [0, 0.1) is 5.92 Å². The Balaban J connectivity index is 1.43. The van der Waals surface area contributed by atoms with Gasteiger partial charge < -0.3 is 14.5 Å². The highest BCUT2D eigenvalue weighted by molar-refractivity contribution is 5.27. The molecule has 1 aromatic carbocycles. The van der Waals surface area contributed by atoms with Crippen LogP contribution in [0.2, 0.25) is 0 Å². The highest BCUT2D eigenvalue weighted by atomic mass is 16.5. The van der Waals surface area contributed by atoms with Crippen molar-refractivity contribution in [2.75, 3.05) is 40.3 Å². The molecule has 4 heteroatoms. The maximum Gasteiger partial charge on any atom is 0.118 e. The number of methoxy groups -OCH3 is 1. The van der Waals surface area contributed by atoms with Gasteiger partial charge in [-0.05, 0) is 74.2 Å². The first-order valence-electron chi connectivity index (χ1n) is 9.65. The highest BCUT2D eigenvalue weighted by Crippen LogP contribution is 2.19. The van der Waals surface area contributed by atoms with E-state index >= 15 is 0 Å². The molecule has 1 aliphatic heterocycles. The summed E-state index contributed by atoms with van der Waals surface area (Å²) in [6.07, 6.45) is 7.54. The first-order chi connectivity index (χ1) is 12.7. The van der Waals surface area contributed by atoms with Gasteiger partial charge in [0.15, 0.2) is 0 Å². The van der Waals surface area contributed by atoms with Gasteiger partial charge in [0.2, 0.25) is 0 Å². The fourth-order valence-corrected chi connectivity index (χ4v) is 3.89. The summed E-state index contributed by atoms with van der Waals surface area (Å²) in [5.41, 5.74) is 2.73. The van der Waals surface area contributed by atoms with Gasteiger partial charge in [-0.25, -0.2) is 0 Å². The Kier molecular flexibility index (Phi) is 7.04. The Bertz CT molecular complexity index is 644. The molecule has 1 aromatic heterocycles. The quantitative estimate of drug-likeness (QED) is 0.726. The van der Waals surface area contributed by atoms with Gasteiger partial charge >= 0.3 is 0 Å². The lowest BCUT2D eigenvalue weighted by Gasteiger charge is -2.34. The minimum atomic E-state index is 0.770. The average Bonchev–Trinajstić information content (AvgIpc) is 2.68. The molecule has 0 amide bonds. The van der Waals surface area contributed by atoms with Crippen LogP contribution in [0.4, 0.5) is 0 Å². The molecule has 4 nitrogen and oxygen atoms in total. The molecule has 2 aromatic rings. The zero-order valence-electron chi connectivity index (χ0n) is 16.1. The summed E-state index contributed by atoms with van der Waals surface area (Å²) in [5, 5.41) is 0. The monoisotopic (exact) mass is 353 g/mol. The lowest BCUT2D eigenvalue weighted by molar-refractivity contribution is 0.142. The molecule has 0 aliphatic carbocycles. The van der Waals surface area contributed by atoms with Crippen LogP contribution in [-0.2, 0) is 13.0 Å². The molecular weight excluding hydrogens is 322 g/mol. The Morgan fingerprint density at radius 2 is 1.88 bits per heavy atom. The summed E-state index contributed by atoms with van der Waals surface area (Å²) < 4.78 is 5.24. The summed E-state index contributed by atoms with van der Waals surface area (Å²) in [6, 6.07) is 12.7. The minimum absolute atomic E-state index is 0.770. The second-order valence-electron chi connectivity index (χ2n) is 7.46. The highest BCUT2D eigenvalue weighted by Gasteiger charge is 2.21. The van der Waals surface area contributed by atoms with Crippen LogP contribution >= 0.6 is 0 Å². The van der Waals surface area contributed by atoms with Crippen molar-refractivity contribution in [1.29, 1.82) is 0 Å². The molecule has 0 unspecified atom stereocenters. The summed E-state index contributed by atoms with van der Waals surface area (Å²) in [4.78, 5) is 9.19. The molecule has 0 radical (unpaired) electrons. The largest absolute Gasteiger partial charge is 0.497 e. The van der Waals surface area contributed by atoms with E-state index in [1.54, 1.807) is 7.11 Å². The third kappa shape index (κ3) is 5.82. The number of nitrogens with zero attached hydrogens (tertiary/aromatic N) is 3. The predicted octanol–water partition coefficient (Wildman–Crippen LogP) is 3.48. The zero-order chi connectivity index (χ0) is 18.2. The number of hydrogen-bond acceptors (Lipinski definition) is 4. The van der Waals surface area contributed by atoms with Crippen molar-refractivity contribution in [3.63, 3.8) is 0 Å². The zero-order valence-corrected chi connectivity index (χ0v) is 16.1. The lowest BCUT2D eigenvalue weighted by Crippen LogP contribution is -2.40. The van der Waals surface area contributed by atoms with Crippen molar-refractivity contribution in [2.24, 2.45) is 5.92 Å². The Morgan fingerprint density at radius 1 is 1.12 bits per heavy atom. The number of benzene rings is 1. The van der Waals surface area contributed by atoms with Crippen LogP contribution < -0.4 is 4.74 Å². The summed E-state index contributed by atoms with van der Waals surface area (Å²) in [6.45, 7) is 5.78. The molecule has 140 valence electrons. The smallest absolute Gasteiger partial charge is 0.118 e. The summed E-state index contributed by atoms with van der Waals surface area (Å²) >= 11 is 0. The molecule has 1 saturated heterocycles. The van der Waals surface area contributed by atoms with E-state index in [0.717, 1.165) is 31.2 Å². The van der Waals surface area contributed by atoms with Crippen molar-refractivity contribution >= 4 is 0 Å². The van der Waals surface area contributed by atoms with Gasteiger partial charge in [-0.3, -0.25) is 4.98 Å². The standard InChI is InChI=1S/C22H31N3O/c1-24(16-20-9-12-23-13-10-20)17-21-4-3-14-25(18-21)15-11-19-5-7-22(26-2)8-6-19/h5-10,12-13,21H,3-4,11,14-18H2,1-2H3/t21-/m1/s1. The molecule has 1 aliphatic rings. The topological polar surface area (TPSA) is 28.6 Å². The van der Waals surface area contributed by atoms with Crippen molar-refractivity contribution in [3.8, 4) is 5.75 Å². The third-order valence-corrected chi connectivity index (χ3v) is 5.25. The lowest BCUT2D eigenvalue weighted by atomic mass is 9.97. The van der Waals surface area contributed by atoms with Gasteiger partial charge in [0, 0.05) is 38.6 Å². The van der Waals surface area contributed by atoms with E-state index < -0.39 is 0 Å². The number of pyridine rings is 1. The van der Waals surface area contributed by atoms with Crippen LogP contribution in [0.15, 0.2) is 48.8 Å². The van der Waals surface area contributed by atoms with Gasteiger partial charge in [0.25, 0.3) is 0 Å². The van der Waals surface area contributed by atoms with Gasteiger partial charge in [-0.1, -0.05) is 12.1 Å². The van der Waals surface area contributed by atoms with Crippen molar-refractivity contribution in [2.45, 2.75) is 25.8 Å². The SMILES string of the molecule is COc1ccc(CCN2CCC[C@H](CN(C)Cc3ccncc3)C2)cc1. The van der Waals surface area contributed by atoms with E-state index in [-0.39, 0.29) is 0 Å². The summed E-state index contributed by atoms with van der Waals surface area (Å²) in [7, 11) is 3.95. The second-order valence-corrected chi connectivity index (χ2v) is 7.46. The Hall–Kier alpha value is -1.91. The maximum absolute atomic E-state index is 5.24. The van der Waals surface area contributed by atoms with Gasteiger partial charge in [-0.15, -0.1) is 0 Å². The number of rotatable bonds is 8. The van der Waals surface area contributed by atoms with Crippen LogP contribution in [0.25, 0.3) is 0 Å². The Morgan fingerprint density at radius 3 is 2.62 bits per heavy atom. The molecule has 0 N–H and O–H groups in total. The van der Waals surface area contributed by atoms with E-state index in [4.69, 9.17) is 4.74 Å². The third-order valence-electron chi connectivity index (χ3n) is 5.25. The number of hydrogen-bond donors (Lipinski definition) is 0. The van der Waals surface area contributed by atoms with E-state index in [1.807, 2.05) is 12.4 Å².